The molecule has 2 rings (SSSR count). The van der Waals surface area contributed by atoms with Crippen LogP contribution >= 0.6 is 0 Å². The van der Waals surface area contributed by atoms with Crippen molar-refractivity contribution in [3.63, 3.8) is 0 Å². The number of aromatic nitrogens is 1. The topological polar surface area (TPSA) is 52.9 Å². The first kappa shape index (κ1) is 20.5. The minimum atomic E-state index is 0.455. The highest BCUT2D eigenvalue weighted by molar-refractivity contribution is 5.98. The Labute approximate surface area is 161 Å². The molecule has 0 radical (unpaired) electrons. The van der Waals surface area contributed by atoms with Gasteiger partial charge in [0.25, 0.3) is 0 Å². The van der Waals surface area contributed by atoms with Gasteiger partial charge < -0.3 is 14.3 Å². The number of pyridine rings is 1. The lowest BCUT2D eigenvalue weighted by atomic mass is 10.1. The van der Waals surface area contributed by atoms with Crippen LogP contribution in [0.3, 0.4) is 0 Å². The largest absolute Gasteiger partial charge is 0.490 e. The van der Waals surface area contributed by atoms with E-state index in [1.165, 1.54) is 0 Å². The summed E-state index contributed by atoms with van der Waals surface area (Å²) in [5.41, 5.74) is 4.74. The lowest BCUT2D eigenvalue weighted by Crippen LogP contribution is -2.05. The minimum Gasteiger partial charge on any atom is -0.490 e. The molecule has 0 bridgehead atoms. The number of ether oxygens (including phenoxy) is 2. The normalized spacial score (nSPS) is 11.7. The monoisotopic (exact) mass is 368 g/mol. The van der Waals surface area contributed by atoms with Crippen LogP contribution in [0.25, 0.3) is 0 Å². The zero-order valence-corrected chi connectivity index (χ0v) is 16.8. The highest BCUT2D eigenvalue weighted by Gasteiger charge is 2.09. The van der Waals surface area contributed by atoms with E-state index in [2.05, 4.69) is 10.1 Å². The van der Waals surface area contributed by atoms with Crippen LogP contribution in [0.5, 0.6) is 11.5 Å². The van der Waals surface area contributed by atoms with E-state index in [0.717, 1.165) is 46.0 Å². The molecule has 27 heavy (non-hydrogen) atoms. The van der Waals surface area contributed by atoms with Crippen molar-refractivity contribution >= 4 is 5.71 Å². The second kappa shape index (κ2) is 10.4. The number of aryl methyl sites for hydroxylation is 2. The average molecular weight is 368 g/mol. The van der Waals surface area contributed by atoms with Crippen LogP contribution in [0, 0.1) is 13.8 Å². The second-order valence-electron chi connectivity index (χ2n) is 6.18. The van der Waals surface area contributed by atoms with Gasteiger partial charge in [0.05, 0.1) is 5.69 Å². The maximum absolute atomic E-state index is 6.04. The number of hydrogen-bond acceptors (Lipinski definition) is 5. The fourth-order valence-corrected chi connectivity index (χ4v) is 2.70. The Balaban J connectivity index is 2.04. The van der Waals surface area contributed by atoms with Gasteiger partial charge in [-0.2, -0.15) is 0 Å². The third-order valence-corrected chi connectivity index (χ3v) is 4.06. The number of hydrogen-bond donors (Lipinski definition) is 0. The molecule has 5 nitrogen and oxygen atoms in total. The standard InChI is InChI=1S/C22H28N2O3/c1-6-8-11-26-19-12-16(3)22(17(4)13-19)27-15-18-9-10-21(23-14-18)20(7-2)24-25-5/h6,8-10,12-14H,7,11,15H2,1-5H3/b8-6+,24-20?. The summed E-state index contributed by atoms with van der Waals surface area (Å²) in [4.78, 5) is 9.33. The summed E-state index contributed by atoms with van der Waals surface area (Å²) < 4.78 is 11.8. The molecule has 1 aromatic heterocycles. The third-order valence-electron chi connectivity index (χ3n) is 4.06. The summed E-state index contributed by atoms with van der Waals surface area (Å²) in [5.74, 6) is 1.73. The van der Waals surface area contributed by atoms with Gasteiger partial charge in [-0.1, -0.05) is 30.3 Å². The molecular formula is C22H28N2O3. The summed E-state index contributed by atoms with van der Waals surface area (Å²) in [5, 5.41) is 4.00. The van der Waals surface area contributed by atoms with Gasteiger partial charge in [0, 0.05) is 11.8 Å². The van der Waals surface area contributed by atoms with E-state index in [9.17, 15) is 0 Å². The van der Waals surface area contributed by atoms with E-state index >= 15 is 0 Å². The molecule has 1 aromatic carbocycles. The molecule has 0 unspecified atom stereocenters. The number of allylic oxidation sites excluding steroid dienone is 1. The number of nitrogens with zero attached hydrogens (tertiary/aromatic N) is 2. The first-order chi connectivity index (χ1) is 13.1. The first-order valence-corrected chi connectivity index (χ1v) is 9.12. The van der Waals surface area contributed by atoms with Crippen LogP contribution in [0.4, 0.5) is 0 Å². The number of oxime groups is 1. The summed E-state index contributed by atoms with van der Waals surface area (Å²) >= 11 is 0. The number of benzene rings is 1. The summed E-state index contributed by atoms with van der Waals surface area (Å²) in [7, 11) is 1.54. The Bertz CT molecular complexity index is 773. The zero-order chi connectivity index (χ0) is 19.6. The predicted octanol–water partition coefficient (Wildman–Crippen LogP) is 4.99. The van der Waals surface area contributed by atoms with Crippen molar-refractivity contribution in [2.24, 2.45) is 5.16 Å². The van der Waals surface area contributed by atoms with Gasteiger partial charge >= 0.3 is 0 Å². The maximum atomic E-state index is 6.04. The summed E-state index contributed by atoms with van der Waals surface area (Å²) in [6.07, 6.45) is 6.53. The van der Waals surface area contributed by atoms with Gasteiger partial charge in [-0.3, -0.25) is 4.98 Å². The van der Waals surface area contributed by atoms with Crippen LogP contribution in [-0.4, -0.2) is 24.4 Å². The Morgan fingerprint density at radius 2 is 1.89 bits per heavy atom. The molecule has 0 N–H and O–H groups in total. The first-order valence-electron chi connectivity index (χ1n) is 9.12. The Kier molecular flexibility index (Phi) is 7.86. The quantitative estimate of drug-likeness (QED) is 0.355. The number of rotatable bonds is 9. The van der Waals surface area contributed by atoms with Crippen molar-refractivity contribution in [2.45, 2.75) is 40.7 Å². The van der Waals surface area contributed by atoms with E-state index in [4.69, 9.17) is 14.3 Å². The van der Waals surface area contributed by atoms with Gasteiger partial charge in [0.15, 0.2) is 0 Å². The van der Waals surface area contributed by atoms with Crippen molar-refractivity contribution in [2.75, 3.05) is 13.7 Å². The zero-order valence-electron chi connectivity index (χ0n) is 16.8. The van der Waals surface area contributed by atoms with Crippen LogP contribution in [-0.2, 0) is 11.4 Å². The molecule has 0 amide bonds. The van der Waals surface area contributed by atoms with E-state index < -0.39 is 0 Å². The van der Waals surface area contributed by atoms with Crippen molar-refractivity contribution in [1.82, 2.24) is 4.98 Å². The predicted molar refractivity (Wildman–Crippen MR) is 109 cm³/mol. The Hall–Kier alpha value is -2.82. The highest BCUT2D eigenvalue weighted by atomic mass is 16.6. The fourth-order valence-electron chi connectivity index (χ4n) is 2.70. The molecule has 0 saturated carbocycles. The average Bonchev–Trinajstić information content (AvgIpc) is 2.66. The third kappa shape index (κ3) is 5.84. The highest BCUT2D eigenvalue weighted by Crippen LogP contribution is 2.29. The molecule has 0 aliphatic heterocycles. The van der Waals surface area contributed by atoms with E-state index in [1.807, 2.05) is 70.3 Å². The smallest absolute Gasteiger partial charge is 0.125 e. The molecule has 1 heterocycles. The van der Waals surface area contributed by atoms with Crippen molar-refractivity contribution in [3.05, 3.63) is 65.0 Å². The van der Waals surface area contributed by atoms with Crippen LogP contribution in [0.2, 0.25) is 0 Å². The van der Waals surface area contributed by atoms with Crippen molar-refractivity contribution in [1.29, 1.82) is 0 Å². The van der Waals surface area contributed by atoms with E-state index in [1.54, 1.807) is 7.11 Å². The Morgan fingerprint density at radius 3 is 2.44 bits per heavy atom. The van der Waals surface area contributed by atoms with Crippen LogP contribution < -0.4 is 9.47 Å². The molecule has 0 spiro atoms. The van der Waals surface area contributed by atoms with Crippen LogP contribution in [0.15, 0.2) is 47.8 Å². The minimum absolute atomic E-state index is 0.455. The van der Waals surface area contributed by atoms with Gasteiger partial charge in [0.2, 0.25) is 0 Å². The molecular weight excluding hydrogens is 340 g/mol. The Morgan fingerprint density at radius 1 is 1.15 bits per heavy atom. The lowest BCUT2D eigenvalue weighted by molar-refractivity contribution is 0.213. The van der Waals surface area contributed by atoms with Crippen LogP contribution in [0.1, 0.15) is 42.7 Å². The van der Waals surface area contributed by atoms with Gasteiger partial charge in [-0.25, -0.2) is 0 Å². The summed E-state index contributed by atoms with van der Waals surface area (Å²) in [6.45, 7) is 9.08. The van der Waals surface area contributed by atoms with E-state index in [-0.39, 0.29) is 0 Å². The molecule has 5 heteroatoms. The maximum Gasteiger partial charge on any atom is 0.125 e. The molecule has 0 atom stereocenters. The summed E-state index contributed by atoms with van der Waals surface area (Å²) in [6, 6.07) is 7.95. The SMILES string of the molecule is C/C=C/COc1cc(C)c(OCc2ccc(C(CC)=NOC)nc2)c(C)c1. The lowest BCUT2D eigenvalue weighted by Gasteiger charge is -2.14. The van der Waals surface area contributed by atoms with Gasteiger partial charge in [-0.15, -0.1) is 0 Å². The molecule has 0 saturated heterocycles. The second-order valence-corrected chi connectivity index (χ2v) is 6.18. The van der Waals surface area contributed by atoms with Crippen molar-refractivity contribution in [3.8, 4) is 11.5 Å². The van der Waals surface area contributed by atoms with Crippen molar-refractivity contribution < 1.29 is 14.3 Å². The molecule has 144 valence electrons. The molecule has 2 aromatic rings. The van der Waals surface area contributed by atoms with E-state index in [0.29, 0.717) is 13.2 Å². The molecule has 0 aliphatic rings. The van der Waals surface area contributed by atoms with Gasteiger partial charge in [0.1, 0.15) is 37.5 Å². The molecule has 0 fully saturated rings. The van der Waals surface area contributed by atoms with Gasteiger partial charge in [-0.05, 0) is 56.5 Å². The fraction of sp³-hybridized carbons (Fsp3) is 0.364. The molecule has 0 aliphatic carbocycles.